The molecule has 1 amide bonds. The van der Waals surface area contributed by atoms with Crippen LogP contribution in [0.1, 0.15) is 28.8 Å². The number of aromatic nitrogens is 3. The van der Waals surface area contributed by atoms with Crippen molar-refractivity contribution in [2.24, 2.45) is 5.73 Å². The quantitative estimate of drug-likeness (QED) is 0.791. The monoisotopic (exact) mass is 309 g/mol. The Labute approximate surface area is 130 Å². The molecule has 0 saturated heterocycles. The van der Waals surface area contributed by atoms with Gasteiger partial charge in [-0.25, -0.2) is 9.67 Å². The van der Waals surface area contributed by atoms with Gasteiger partial charge in [-0.3, -0.25) is 4.79 Å². The highest BCUT2D eigenvalue weighted by atomic mass is 35.5. The Kier molecular flexibility index (Phi) is 6.84. The second-order valence-electron chi connectivity index (χ2n) is 4.59. The van der Waals surface area contributed by atoms with Crippen molar-refractivity contribution in [2.45, 2.75) is 19.8 Å². The summed E-state index contributed by atoms with van der Waals surface area (Å²) in [6.45, 7) is 3.22. The molecule has 6 nitrogen and oxygen atoms in total. The molecule has 0 saturated carbocycles. The highest BCUT2D eigenvalue weighted by Gasteiger charge is 2.09. The van der Waals surface area contributed by atoms with E-state index >= 15 is 0 Å². The minimum atomic E-state index is -0.0512. The zero-order chi connectivity index (χ0) is 14.4. The van der Waals surface area contributed by atoms with Gasteiger partial charge in [0.2, 0.25) is 0 Å². The van der Waals surface area contributed by atoms with Crippen LogP contribution < -0.4 is 11.1 Å². The predicted molar refractivity (Wildman–Crippen MR) is 84.0 cm³/mol. The number of hydrogen-bond acceptors (Lipinski definition) is 4. The van der Waals surface area contributed by atoms with Gasteiger partial charge < -0.3 is 11.1 Å². The first-order chi connectivity index (χ1) is 9.72. The number of rotatable bonds is 6. The number of carbonyl (C=O) groups is 1. The second kappa shape index (κ2) is 8.39. The fraction of sp³-hybridized carbons (Fsp3) is 0.357. The van der Waals surface area contributed by atoms with Crippen molar-refractivity contribution in [1.29, 1.82) is 0 Å². The van der Waals surface area contributed by atoms with E-state index in [0.717, 1.165) is 24.1 Å². The maximum atomic E-state index is 12.0. The number of nitrogens with two attached hydrogens (primary N) is 1. The number of unbranched alkanes of at least 4 members (excludes halogenated alkanes) is 1. The summed E-state index contributed by atoms with van der Waals surface area (Å²) in [6.07, 6.45) is 4.93. The number of nitrogens with one attached hydrogen (secondary N) is 1. The first-order valence-electron chi connectivity index (χ1n) is 6.66. The number of aryl methyl sites for hydroxylation is 1. The summed E-state index contributed by atoms with van der Waals surface area (Å²) in [5.41, 5.74) is 7.90. The lowest BCUT2D eigenvalue weighted by molar-refractivity contribution is 0.0952. The molecule has 7 heteroatoms. The SMILES string of the molecule is Cc1cc(-n2cncn2)ccc1C(=O)NCCCCN.Cl. The molecule has 2 aromatic rings. The predicted octanol–water partition coefficient (Wildman–Crippen LogP) is 1.47. The van der Waals surface area contributed by atoms with E-state index in [1.165, 1.54) is 6.33 Å². The first-order valence-corrected chi connectivity index (χ1v) is 6.66. The van der Waals surface area contributed by atoms with Gasteiger partial charge in [0.1, 0.15) is 12.7 Å². The third-order valence-electron chi connectivity index (χ3n) is 3.05. The summed E-state index contributed by atoms with van der Waals surface area (Å²) in [5.74, 6) is -0.0512. The summed E-state index contributed by atoms with van der Waals surface area (Å²) in [5, 5.41) is 6.96. The maximum Gasteiger partial charge on any atom is 0.251 e. The van der Waals surface area contributed by atoms with Crippen molar-refractivity contribution >= 4 is 18.3 Å². The van der Waals surface area contributed by atoms with Crippen molar-refractivity contribution in [1.82, 2.24) is 20.1 Å². The van der Waals surface area contributed by atoms with Gasteiger partial charge in [-0.1, -0.05) is 0 Å². The molecule has 0 radical (unpaired) electrons. The molecule has 0 aliphatic heterocycles. The van der Waals surface area contributed by atoms with Crippen molar-refractivity contribution in [3.05, 3.63) is 42.0 Å². The fourth-order valence-electron chi connectivity index (χ4n) is 1.95. The molecular weight excluding hydrogens is 290 g/mol. The van der Waals surface area contributed by atoms with Crippen LogP contribution in [-0.4, -0.2) is 33.8 Å². The number of nitrogens with zero attached hydrogens (tertiary/aromatic N) is 3. The van der Waals surface area contributed by atoms with Gasteiger partial charge in [0, 0.05) is 12.1 Å². The molecule has 0 fully saturated rings. The third-order valence-corrected chi connectivity index (χ3v) is 3.05. The van der Waals surface area contributed by atoms with E-state index in [1.807, 2.05) is 25.1 Å². The molecule has 21 heavy (non-hydrogen) atoms. The minimum absolute atomic E-state index is 0. The summed E-state index contributed by atoms with van der Waals surface area (Å²) in [6, 6.07) is 5.59. The van der Waals surface area contributed by atoms with Gasteiger partial charge in [0.25, 0.3) is 5.91 Å². The molecule has 3 N–H and O–H groups in total. The van der Waals surface area contributed by atoms with Crippen LogP contribution in [0.15, 0.2) is 30.9 Å². The molecule has 0 aliphatic rings. The Morgan fingerprint density at radius 3 is 2.81 bits per heavy atom. The van der Waals surface area contributed by atoms with E-state index in [9.17, 15) is 4.79 Å². The molecule has 0 aliphatic carbocycles. The molecule has 0 atom stereocenters. The number of benzene rings is 1. The van der Waals surface area contributed by atoms with Crippen LogP contribution in [0.25, 0.3) is 5.69 Å². The lowest BCUT2D eigenvalue weighted by Crippen LogP contribution is -2.25. The normalized spacial score (nSPS) is 10.0. The van der Waals surface area contributed by atoms with E-state index in [2.05, 4.69) is 15.4 Å². The molecule has 1 aromatic heterocycles. The van der Waals surface area contributed by atoms with Gasteiger partial charge in [-0.15, -0.1) is 12.4 Å². The molecule has 1 aromatic carbocycles. The van der Waals surface area contributed by atoms with E-state index in [4.69, 9.17) is 5.73 Å². The van der Waals surface area contributed by atoms with Crippen LogP contribution >= 0.6 is 12.4 Å². The smallest absolute Gasteiger partial charge is 0.251 e. The molecule has 2 rings (SSSR count). The molecule has 114 valence electrons. The highest BCUT2D eigenvalue weighted by Crippen LogP contribution is 2.13. The molecule has 0 bridgehead atoms. The van der Waals surface area contributed by atoms with Crippen LogP contribution in [0.4, 0.5) is 0 Å². The third kappa shape index (κ3) is 4.54. The number of amides is 1. The molecule has 0 spiro atoms. The van der Waals surface area contributed by atoms with E-state index in [-0.39, 0.29) is 18.3 Å². The van der Waals surface area contributed by atoms with Crippen molar-refractivity contribution in [3.8, 4) is 5.69 Å². The van der Waals surface area contributed by atoms with E-state index in [1.54, 1.807) is 11.0 Å². The topological polar surface area (TPSA) is 85.8 Å². The zero-order valence-electron chi connectivity index (χ0n) is 12.0. The summed E-state index contributed by atoms with van der Waals surface area (Å²) in [4.78, 5) is 16.0. The number of carbonyl (C=O) groups excluding carboxylic acids is 1. The average Bonchev–Trinajstić information content (AvgIpc) is 2.97. The van der Waals surface area contributed by atoms with Gasteiger partial charge in [0.05, 0.1) is 5.69 Å². The van der Waals surface area contributed by atoms with Gasteiger partial charge in [0.15, 0.2) is 0 Å². The Bertz CT molecular complexity index is 571. The lowest BCUT2D eigenvalue weighted by atomic mass is 10.1. The Morgan fingerprint density at radius 1 is 1.38 bits per heavy atom. The maximum absolute atomic E-state index is 12.0. The zero-order valence-corrected chi connectivity index (χ0v) is 12.8. The lowest BCUT2D eigenvalue weighted by Gasteiger charge is -2.09. The molecular formula is C14H20ClN5O. The van der Waals surface area contributed by atoms with Crippen LogP contribution in [0.5, 0.6) is 0 Å². The first kappa shape index (κ1) is 17.1. The number of hydrogen-bond donors (Lipinski definition) is 2. The van der Waals surface area contributed by atoms with Gasteiger partial charge in [-0.05, 0) is 50.1 Å². The van der Waals surface area contributed by atoms with Crippen molar-refractivity contribution < 1.29 is 4.79 Å². The van der Waals surface area contributed by atoms with Crippen molar-refractivity contribution in [3.63, 3.8) is 0 Å². The van der Waals surface area contributed by atoms with Crippen LogP contribution in [-0.2, 0) is 0 Å². The summed E-state index contributed by atoms with van der Waals surface area (Å²) >= 11 is 0. The second-order valence-corrected chi connectivity index (χ2v) is 4.59. The standard InChI is InChI=1S/C14H19N5O.ClH/c1-11-8-12(19-10-16-9-18-19)4-5-13(11)14(20)17-7-3-2-6-15;/h4-5,8-10H,2-3,6-7,15H2,1H3,(H,17,20);1H. The van der Waals surface area contributed by atoms with Crippen molar-refractivity contribution in [2.75, 3.05) is 13.1 Å². The van der Waals surface area contributed by atoms with Gasteiger partial charge >= 0.3 is 0 Å². The molecule has 1 heterocycles. The Hall–Kier alpha value is -1.92. The average molecular weight is 310 g/mol. The van der Waals surface area contributed by atoms with Crippen LogP contribution in [0.2, 0.25) is 0 Å². The number of halogens is 1. The molecule has 0 unspecified atom stereocenters. The Balaban J connectivity index is 0.00000220. The fourth-order valence-corrected chi connectivity index (χ4v) is 1.95. The van der Waals surface area contributed by atoms with Gasteiger partial charge in [-0.2, -0.15) is 5.10 Å². The van der Waals surface area contributed by atoms with E-state index in [0.29, 0.717) is 18.7 Å². The van der Waals surface area contributed by atoms with Crippen LogP contribution in [0, 0.1) is 6.92 Å². The largest absolute Gasteiger partial charge is 0.352 e. The summed E-state index contributed by atoms with van der Waals surface area (Å²) < 4.78 is 1.66. The Morgan fingerprint density at radius 2 is 2.19 bits per heavy atom. The minimum Gasteiger partial charge on any atom is -0.352 e. The summed E-state index contributed by atoms with van der Waals surface area (Å²) in [7, 11) is 0. The highest BCUT2D eigenvalue weighted by molar-refractivity contribution is 5.95. The van der Waals surface area contributed by atoms with E-state index < -0.39 is 0 Å². The van der Waals surface area contributed by atoms with Crippen LogP contribution in [0.3, 0.4) is 0 Å².